The van der Waals surface area contributed by atoms with Gasteiger partial charge in [-0.05, 0) is 31.0 Å². The highest BCUT2D eigenvalue weighted by Crippen LogP contribution is 2.24. The number of hydrazine groups is 1. The molecule has 2 N–H and O–H groups in total. The first-order chi connectivity index (χ1) is 10.6. The van der Waals surface area contributed by atoms with Crippen LogP contribution in [0.3, 0.4) is 0 Å². The summed E-state index contributed by atoms with van der Waals surface area (Å²) in [5.74, 6) is -1.05. The standard InChI is InChI=1S/C13H15BrClN3O4S/c1-3-13(2)11(19)18(12(20)16-13)17-23(21,22)7-8-4-5-9(15)6-10(8)14/h4-6,17H,3,7H2,1-2H3,(H,16,20)/t13-/m1/s1. The smallest absolute Gasteiger partial charge is 0.322 e. The van der Waals surface area contributed by atoms with E-state index in [2.05, 4.69) is 21.2 Å². The van der Waals surface area contributed by atoms with Crippen LogP contribution < -0.4 is 10.1 Å². The first-order valence-electron chi connectivity index (χ1n) is 6.69. The minimum Gasteiger partial charge on any atom is -0.322 e. The van der Waals surface area contributed by atoms with Gasteiger partial charge in [0.1, 0.15) is 5.54 Å². The number of amides is 3. The molecule has 1 aliphatic heterocycles. The number of rotatable bonds is 5. The van der Waals surface area contributed by atoms with E-state index in [4.69, 9.17) is 11.6 Å². The van der Waals surface area contributed by atoms with E-state index in [-0.39, 0.29) is 0 Å². The van der Waals surface area contributed by atoms with E-state index in [1.165, 1.54) is 6.92 Å². The molecule has 10 heteroatoms. The van der Waals surface area contributed by atoms with Crippen LogP contribution in [0.1, 0.15) is 25.8 Å². The van der Waals surface area contributed by atoms with E-state index in [9.17, 15) is 18.0 Å². The van der Waals surface area contributed by atoms with Crippen LogP contribution in [0.5, 0.6) is 0 Å². The van der Waals surface area contributed by atoms with E-state index in [1.807, 2.05) is 4.83 Å². The average Bonchev–Trinajstić information content (AvgIpc) is 2.66. The maximum Gasteiger partial charge on any atom is 0.340 e. The predicted molar refractivity (Wildman–Crippen MR) is 89.0 cm³/mol. The van der Waals surface area contributed by atoms with Crippen molar-refractivity contribution in [1.82, 2.24) is 15.2 Å². The number of benzene rings is 1. The summed E-state index contributed by atoms with van der Waals surface area (Å²) in [6.07, 6.45) is 0.346. The van der Waals surface area contributed by atoms with Gasteiger partial charge in [0.2, 0.25) is 10.0 Å². The molecule has 1 aromatic carbocycles. The fourth-order valence-electron chi connectivity index (χ4n) is 2.02. The Balaban J connectivity index is 2.19. The number of halogens is 2. The SMILES string of the molecule is CC[C@@]1(C)NC(=O)N(NS(=O)(=O)Cc2ccc(Cl)cc2Br)C1=O. The molecule has 0 spiro atoms. The number of carbonyl (C=O) groups is 2. The molecule has 23 heavy (non-hydrogen) atoms. The van der Waals surface area contributed by atoms with Gasteiger partial charge in [-0.25, -0.2) is 13.2 Å². The van der Waals surface area contributed by atoms with Crippen molar-refractivity contribution >= 4 is 49.5 Å². The fraction of sp³-hybridized carbons (Fsp3) is 0.385. The van der Waals surface area contributed by atoms with E-state index >= 15 is 0 Å². The molecular weight excluding hydrogens is 410 g/mol. The molecule has 1 heterocycles. The largest absolute Gasteiger partial charge is 0.340 e. The molecule has 3 amide bonds. The normalized spacial score (nSPS) is 21.7. The third kappa shape index (κ3) is 3.85. The first-order valence-corrected chi connectivity index (χ1v) is 9.51. The van der Waals surface area contributed by atoms with Crippen molar-refractivity contribution in [1.29, 1.82) is 0 Å². The number of carbonyl (C=O) groups excluding carboxylic acids is 2. The van der Waals surface area contributed by atoms with Gasteiger partial charge < -0.3 is 5.32 Å². The summed E-state index contributed by atoms with van der Waals surface area (Å²) in [5, 5.41) is 3.43. The lowest BCUT2D eigenvalue weighted by Gasteiger charge is -2.19. The van der Waals surface area contributed by atoms with Gasteiger partial charge in [0.05, 0.1) is 5.75 Å². The van der Waals surface area contributed by atoms with Crippen LogP contribution in [0.4, 0.5) is 4.79 Å². The highest BCUT2D eigenvalue weighted by molar-refractivity contribution is 9.10. The van der Waals surface area contributed by atoms with Gasteiger partial charge in [-0.15, -0.1) is 4.83 Å². The molecule has 1 aromatic rings. The zero-order valence-corrected chi connectivity index (χ0v) is 15.5. The van der Waals surface area contributed by atoms with Crippen LogP contribution >= 0.6 is 27.5 Å². The molecule has 1 saturated heterocycles. The average molecular weight is 425 g/mol. The monoisotopic (exact) mass is 423 g/mol. The van der Waals surface area contributed by atoms with Crippen molar-refractivity contribution in [3.63, 3.8) is 0 Å². The second-order valence-corrected chi connectivity index (χ2v) is 8.33. The van der Waals surface area contributed by atoms with Crippen LogP contribution in [0, 0.1) is 0 Å². The second kappa shape index (κ2) is 6.39. The van der Waals surface area contributed by atoms with Crippen molar-refractivity contribution < 1.29 is 18.0 Å². The summed E-state index contributed by atoms with van der Waals surface area (Å²) < 4.78 is 25.0. The van der Waals surface area contributed by atoms with Crippen molar-refractivity contribution in [2.75, 3.05) is 0 Å². The number of hydrogen-bond donors (Lipinski definition) is 2. The lowest BCUT2D eigenvalue weighted by atomic mass is 10.00. The molecule has 0 bridgehead atoms. The molecule has 0 saturated carbocycles. The number of imide groups is 1. The molecule has 7 nitrogen and oxygen atoms in total. The van der Waals surface area contributed by atoms with Crippen molar-refractivity contribution in [2.45, 2.75) is 31.6 Å². The fourth-order valence-corrected chi connectivity index (χ4v) is 4.20. The molecule has 1 atom stereocenters. The summed E-state index contributed by atoms with van der Waals surface area (Å²) in [6.45, 7) is 3.26. The maximum atomic E-state index is 12.2. The Kier molecular flexibility index (Phi) is 5.05. The molecule has 1 aliphatic rings. The van der Waals surface area contributed by atoms with Gasteiger partial charge in [-0.3, -0.25) is 4.79 Å². The number of sulfonamides is 1. The lowest BCUT2D eigenvalue weighted by molar-refractivity contribution is -0.131. The second-order valence-electron chi connectivity index (χ2n) is 5.34. The minimum absolute atomic E-state index is 0.346. The summed E-state index contributed by atoms with van der Waals surface area (Å²) in [6, 6.07) is 3.87. The highest BCUT2D eigenvalue weighted by Gasteiger charge is 2.48. The van der Waals surface area contributed by atoms with Crippen molar-refractivity contribution in [3.05, 3.63) is 33.3 Å². The Morgan fingerprint density at radius 2 is 2.04 bits per heavy atom. The number of hydrogen-bond acceptors (Lipinski definition) is 4. The summed E-state index contributed by atoms with van der Waals surface area (Å²) in [7, 11) is -3.96. The zero-order chi connectivity index (χ0) is 17.4. The molecule has 0 aromatic heterocycles. The van der Waals surface area contributed by atoms with Crippen LogP contribution in [0.15, 0.2) is 22.7 Å². The van der Waals surface area contributed by atoms with Crippen LogP contribution in [0.25, 0.3) is 0 Å². The van der Waals surface area contributed by atoms with E-state index < -0.39 is 33.3 Å². The van der Waals surface area contributed by atoms with Crippen LogP contribution in [-0.4, -0.2) is 30.9 Å². The molecule has 126 valence electrons. The van der Waals surface area contributed by atoms with Gasteiger partial charge in [-0.1, -0.05) is 40.5 Å². The van der Waals surface area contributed by atoms with Crippen LogP contribution in [-0.2, 0) is 20.6 Å². The third-order valence-electron chi connectivity index (χ3n) is 3.56. The van der Waals surface area contributed by atoms with Crippen LogP contribution in [0.2, 0.25) is 5.02 Å². The molecule has 0 aliphatic carbocycles. The first kappa shape index (κ1) is 18.2. The molecule has 0 radical (unpaired) electrons. The zero-order valence-electron chi connectivity index (χ0n) is 12.4. The van der Waals surface area contributed by atoms with E-state index in [1.54, 1.807) is 25.1 Å². The Morgan fingerprint density at radius 1 is 1.39 bits per heavy atom. The van der Waals surface area contributed by atoms with Gasteiger partial charge in [-0.2, -0.15) is 5.01 Å². The van der Waals surface area contributed by atoms with Crippen molar-refractivity contribution in [3.8, 4) is 0 Å². The predicted octanol–water partition coefficient (Wildman–Crippen LogP) is 2.16. The third-order valence-corrected chi connectivity index (χ3v) is 5.68. The van der Waals surface area contributed by atoms with E-state index in [0.717, 1.165) is 0 Å². The molecular formula is C13H15BrClN3O4S. The van der Waals surface area contributed by atoms with Gasteiger partial charge in [0.15, 0.2) is 0 Å². The topological polar surface area (TPSA) is 95.6 Å². The van der Waals surface area contributed by atoms with Gasteiger partial charge in [0.25, 0.3) is 5.91 Å². The highest BCUT2D eigenvalue weighted by atomic mass is 79.9. The lowest BCUT2D eigenvalue weighted by Crippen LogP contribution is -2.48. The maximum absolute atomic E-state index is 12.2. The number of nitrogens with one attached hydrogen (secondary N) is 2. The van der Waals surface area contributed by atoms with Gasteiger partial charge in [0, 0.05) is 9.50 Å². The Bertz CT molecular complexity index is 770. The Hall–Kier alpha value is -1.16. The van der Waals surface area contributed by atoms with Crippen molar-refractivity contribution in [2.24, 2.45) is 0 Å². The summed E-state index contributed by atoms with van der Waals surface area (Å²) >= 11 is 9.04. The quantitative estimate of drug-likeness (QED) is 0.708. The van der Waals surface area contributed by atoms with E-state index in [0.29, 0.717) is 26.5 Å². The minimum atomic E-state index is -3.96. The summed E-state index contributed by atoms with van der Waals surface area (Å²) in [4.78, 5) is 26.1. The molecule has 2 rings (SSSR count). The Morgan fingerprint density at radius 3 is 2.57 bits per heavy atom. The number of urea groups is 1. The van der Waals surface area contributed by atoms with Gasteiger partial charge >= 0.3 is 6.03 Å². The molecule has 1 fully saturated rings. The Labute approximate surface area is 147 Å². The molecule has 0 unspecified atom stereocenters. The number of nitrogens with zero attached hydrogens (tertiary/aromatic N) is 1. The summed E-state index contributed by atoms with van der Waals surface area (Å²) in [5.41, 5.74) is -0.660.